The molecule has 19 heavy (non-hydrogen) atoms. The third kappa shape index (κ3) is 1.92. The van der Waals surface area contributed by atoms with Gasteiger partial charge in [-0.1, -0.05) is 12.1 Å². The second-order valence-electron chi connectivity index (χ2n) is 5.13. The fraction of sp³-hybridized carbons (Fsp3) is 0.286. The summed E-state index contributed by atoms with van der Waals surface area (Å²) >= 11 is 0. The molecule has 4 rings (SSSR count). The van der Waals surface area contributed by atoms with Gasteiger partial charge in [-0.15, -0.1) is 0 Å². The van der Waals surface area contributed by atoms with E-state index in [1.54, 1.807) is 0 Å². The number of H-pyrrole nitrogens is 2. The predicted molar refractivity (Wildman–Crippen MR) is 72.5 cm³/mol. The SMILES string of the molecule is c1cc2cn[nH]c2cc1CN1CCc2[nH]ncc2C1. The number of hydrogen-bond donors (Lipinski definition) is 2. The molecule has 2 N–H and O–H groups in total. The summed E-state index contributed by atoms with van der Waals surface area (Å²) in [7, 11) is 0. The van der Waals surface area contributed by atoms with Crippen LogP contribution in [-0.2, 0) is 19.5 Å². The smallest absolute Gasteiger partial charge is 0.0653 e. The normalized spacial score (nSPS) is 15.8. The second kappa shape index (κ2) is 4.20. The lowest BCUT2D eigenvalue weighted by Crippen LogP contribution is -2.29. The maximum absolute atomic E-state index is 4.11. The lowest BCUT2D eigenvalue weighted by atomic mass is 10.1. The van der Waals surface area contributed by atoms with Gasteiger partial charge in [0.15, 0.2) is 0 Å². The van der Waals surface area contributed by atoms with E-state index < -0.39 is 0 Å². The fourth-order valence-corrected chi connectivity index (χ4v) is 2.76. The quantitative estimate of drug-likeness (QED) is 0.732. The summed E-state index contributed by atoms with van der Waals surface area (Å²) in [5, 5.41) is 15.4. The van der Waals surface area contributed by atoms with Crippen molar-refractivity contribution in [3.05, 3.63) is 47.4 Å². The first-order chi connectivity index (χ1) is 9.38. The van der Waals surface area contributed by atoms with Gasteiger partial charge in [-0.05, 0) is 11.6 Å². The van der Waals surface area contributed by atoms with E-state index in [4.69, 9.17) is 0 Å². The zero-order valence-electron chi connectivity index (χ0n) is 10.6. The molecule has 0 amide bonds. The van der Waals surface area contributed by atoms with E-state index in [2.05, 4.69) is 43.5 Å². The van der Waals surface area contributed by atoms with Crippen molar-refractivity contribution in [1.82, 2.24) is 25.3 Å². The van der Waals surface area contributed by atoms with Gasteiger partial charge in [0.1, 0.15) is 0 Å². The minimum atomic E-state index is 0.972. The Morgan fingerprint density at radius 3 is 3.11 bits per heavy atom. The number of nitrogens with zero attached hydrogens (tertiary/aromatic N) is 3. The van der Waals surface area contributed by atoms with Crippen molar-refractivity contribution < 1.29 is 0 Å². The van der Waals surface area contributed by atoms with Crippen LogP contribution in [0.1, 0.15) is 16.8 Å². The summed E-state index contributed by atoms with van der Waals surface area (Å²) < 4.78 is 0. The van der Waals surface area contributed by atoms with Crippen LogP contribution in [0.3, 0.4) is 0 Å². The Kier molecular flexibility index (Phi) is 2.38. The van der Waals surface area contributed by atoms with Gasteiger partial charge in [-0.25, -0.2) is 0 Å². The number of benzene rings is 1. The molecule has 0 spiro atoms. The van der Waals surface area contributed by atoms with Gasteiger partial charge in [0.05, 0.1) is 17.9 Å². The standard InChI is InChI=1S/C14H15N5/c1-2-11-6-15-18-14(11)5-10(1)8-19-4-3-13-12(9-19)7-16-17-13/h1-2,5-7H,3-4,8-9H2,(H,15,18)(H,16,17). The van der Waals surface area contributed by atoms with Gasteiger partial charge in [0, 0.05) is 42.7 Å². The molecule has 0 saturated carbocycles. The molecule has 1 aromatic carbocycles. The Balaban J connectivity index is 1.55. The number of fused-ring (bicyclic) bond motifs is 2. The van der Waals surface area contributed by atoms with Crippen LogP contribution >= 0.6 is 0 Å². The predicted octanol–water partition coefficient (Wildman–Crippen LogP) is 1.84. The molecule has 96 valence electrons. The molecular weight excluding hydrogens is 238 g/mol. The summed E-state index contributed by atoms with van der Waals surface area (Å²) in [6.45, 7) is 3.03. The van der Waals surface area contributed by atoms with Gasteiger partial charge in [0.25, 0.3) is 0 Å². The molecule has 3 heterocycles. The van der Waals surface area contributed by atoms with Crippen LogP contribution in [-0.4, -0.2) is 31.8 Å². The molecule has 0 unspecified atom stereocenters. The molecule has 0 saturated heterocycles. The first kappa shape index (κ1) is 10.8. The van der Waals surface area contributed by atoms with E-state index in [1.807, 2.05) is 12.4 Å². The molecule has 0 aliphatic carbocycles. The van der Waals surface area contributed by atoms with Crippen molar-refractivity contribution >= 4 is 10.9 Å². The van der Waals surface area contributed by atoms with Crippen LogP contribution in [0.5, 0.6) is 0 Å². The van der Waals surface area contributed by atoms with Crippen LogP contribution in [0.2, 0.25) is 0 Å². The van der Waals surface area contributed by atoms with Crippen LogP contribution in [0, 0.1) is 0 Å². The van der Waals surface area contributed by atoms with Crippen molar-refractivity contribution in [3.8, 4) is 0 Å². The Bertz CT molecular complexity index is 711. The summed E-state index contributed by atoms with van der Waals surface area (Å²) in [6, 6.07) is 6.50. The average Bonchev–Trinajstić information content (AvgIpc) is 3.05. The van der Waals surface area contributed by atoms with E-state index in [-0.39, 0.29) is 0 Å². The number of rotatable bonds is 2. The van der Waals surface area contributed by atoms with Crippen LogP contribution in [0.4, 0.5) is 0 Å². The number of aromatic amines is 2. The largest absolute Gasteiger partial charge is 0.294 e. The highest BCUT2D eigenvalue weighted by Crippen LogP contribution is 2.20. The molecule has 1 aliphatic heterocycles. The highest BCUT2D eigenvalue weighted by molar-refractivity contribution is 5.78. The van der Waals surface area contributed by atoms with Gasteiger partial charge in [-0.3, -0.25) is 15.1 Å². The maximum atomic E-state index is 4.11. The highest BCUT2D eigenvalue weighted by Gasteiger charge is 2.17. The zero-order valence-corrected chi connectivity index (χ0v) is 10.6. The van der Waals surface area contributed by atoms with Crippen molar-refractivity contribution in [3.63, 3.8) is 0 Å². The Labute approximate surface area is 110 Å². The van der Waals surface area contributed by atoms with Crippen molar-refractivity contribution in [1.29, 1.82) is 0 Å². The van der Waals surface area contributed by atoms with Crippen LogP contribution in [0.15, 0.2) is 30.6 Å². The third-order valence-electron chi connectivity index (χ3n) is 3.79. The topological polar surface area (TPSA) is 60.6 Å². The van der Waals surface area contributed by atoms with Gasteiger partial charge >= 0.3 is 0 Å². The minimum Gasteiger partial charge on any atom is -0.294 e. The molecule has 0 bridgehead atoms. The van der Waals surface area contributed by atoms with Gasteiger partial charge < -0.3 is 0 Å². The average molecular weight is 253 g/mol. The molecule has 0 radical (unpaired) electrons. The summed E-state index contributed by atoms with van der Waals surface area (Å²) in [4.78, 5) is 2.45. The minimum absolute atomic E-state index is 0.972. The van der Waals surface area contributed by atoms with Crippen molar-refractivity contribution in [2.75, 3.05) is 6.54 Å². The van der Waals surface area contributed by atoms with Crippen molar-refractivity contribution in [2.24, 2.45) is 0 Å². The maximum Gasteiger partial charge on any atom is 0.0653 e. The van der Waals surface area contributed by atoms with Gasteiger partial charge in [-0.2, -0.15) is 10.2 Å². The molecule has 5 nitrogen and oxygen atoms in total. The molecular formula is C14H15N5. The molecule has 0 atom stereocenters. The lowest BCUT2D eigenvalue weighted by Gasteiger charge is -2.26. The van der Waals surface area contributed by atoms with Crippen LogP contribution in [0.25, 0.3) is 10.9 Å². The lowest BCUT2D eigenvalue weighted by molar-refractivity contribution is 0.245. The molecule has 3 aromatic rings. The molecule has 2 aromatic heterocycles. The Morgan fingerprint density at radius 1 is 1.16 bits per heavy atom. The highest BCUT2D eigenvalue weighted by atomic mass is 15.2. The zero-order chi connectivity index (χ0) is 12.7. The number of aromatic nitrogens is 4. The molecule has 1 aliphatic rings. The Hall–Kier alpha value is -2.14. The van der Waals surface area contributed by atoms with E-state index in [9.17, 15) is 0 Å². The number of hydrogen-bond acceptors (Lipinski definition) is 3. The monoisotopic (exact) mass is 253 g/mol. The summed E-state index contributed by atoms with van der Waals surface area (Å²) in [5.41, 5.74) is 5.05. The summed E-state index contributed by atoms with van der Waals surface area (Å²) in [6.07, 6.45) is 4.86. The van der Waals surface area contributed by atoms with Crippen LogP contribution < -0.4 is 0 Å². The fourth-order valence-electron chi connectivity index (χ4n) is 2.76. The van der Waals surface area contributed by atoms with E-state index >= 15 is 0 Å². The number of nitrogens with one attached hydrogen (secondary N) is 2. The molecule has 0 fully saturated rings. The first-order valence-electron chi connectivity index (χ1n) is 6.54. The summed E-state index contributed by atoms with van der Waals surface area (Å²) in [5.74, 6) is 0. The van der Waals surface area contributed by atoms with E-state index in [0.717, 1.165) is 31.6 Å². The molecule has 5 heteroatoms. The Morgan fingerprint density at radius 2 is 2.11 bits per heavy atom. The van der Waals surface area contributed by atoms with E-state index in [1.165, 1.54) is 22.2 Å². The van der Waals surface area contributed by atoms with Crippen molar-refractivity contribution in [2.45, 2.75) is 19.5 Å². The van der Waals surface area contributed by atoms with Gasteiger partial charge in [0.2, 0.25) is 0 Å². The first-order valence-corrected chi connectivity index (χ1v) is 6.54. The second-order valence-corrected chi connectivity index (χ2v) is 5.13. The third-order valence-corrected chi connectivity index (χ3v) is 3.79. The van der Waals surface area contributed by atoms with E-state index in [0.29, 0.717) is 0 Å².